The molecular formula is C17H20N4O6S. The van der Waals surface area contributed by atoms with E-state index in [2.05, 4.69) is 15.5 Å². The molecule has 0 aliphatic carbocycles. The molecule has 1 fully saturated rings. The molecule has 1 aromatic heterocycles. The molecule has 0 unspecified atom stereocenters. The second-order valence-electron chi connectivity index (χ2n) is 6.60. The molecule has 0 spiro atoms. The van der Waals surface area contributed by atoms with Crippen LogP contribution in [0.25, 0.3) is 0 Å². The Kier molecular flexibility index (Phi) is 4.94. The third kappa shape index (κ3) is 3.67. The molecule has 2 aliphatic heterocycles. The Morgan fingerprint density at radius 2 is 1.86 bits per heavy atom. The van der Waals surface area contributed by atoms with Gasteiger partial charge in [0.05, 0.1) is 4.90 Å². The zero-order valence-corrected chi connectivity index (χ0v) is 16.1. The van der Waals surface area contributed by atoms with Gasteiger partial charge in [0.2, 0.25) is 21.8 Å². The van der Waals surface area contributed by atoms with Crippen LogP contribution in [0.4, 0.5) is 6.01 Å². The fourth-order valence-corrected chi connectivity index (χ4v) is 4.73. The summed E-state index contributed by atoms with van der Waals surface area (Å²) in [4.78, 5) is 12.5. The lowest BCUT2D eigenvalue weighted by molar-refractivity contribution is -0.121. The van der Waals surface area contributed by atoms with E-state index >= 15 is 0 Å². The van der Waals surface area contributed by atoms with Gasteiger partial charge in [0.1, 0.15) is 13.2 Å². The Morgan fingerprint density at radius 3 is 2.54 bits per heavy atom. The van der Waals surface area contributed by atoms with Gasteiger partial charge in [-0.15, -0.1) is 5.10 Å². The van der Waals surface area contributed by atoms with Crippen LogP contribution >= 0.6 is 0 Å². The van der Waals surface area contributed by atoms with Crippen molar-refractivity contribution in [2.24, 2.45) is 5.92 Å². The fraction of sp³-hybridized carbons (Fsp3) is 0.471. The lowest BCUT2D eigenvalue weighted by atomic mass is 9.97. The molecule has 1 N–H and O–H groups in total. The minimum absolute atomic E-state index is 0.0498. The van der Waals surface area contributed by atoms with Gasteiger partial charge in [-0.2, -0.15) is 4.31 Å². The summed E-state index contributed by atoms with van der Waals surface area (Å²) < 4.78 is 43.3. The molecule has 2 aromatic rings. The van der Waals surface area contributed by atoms with Gasteiger partial charge in [-0.1, -0.05) is 5.10 Å². The van der Waals surface area contributed by atoms with E-state index in [0.717, 1.165) is 0 Å². The van der Waals surface area contributed by atoms with Gasteiger partial charge in [-0.3, -0.25) is 10.1 Å². The van der Waals surface area contributed by atoms with Gasteiger partial charge in [0.25, 0.3) is 0 Å². The maximum atomic E-state index is 12.9. The first-order valence-corrected chi connectivity index (χ1v) is 10.4. The molecule has 0 radical (unpaired) electrons. The van der Waals surface area contributed by atoms with Crippen molar-refractivity contribution < 1.29 is 27.1 Å². The Balaban J connectivity index is 1.40. The van der Waals surface area contributed by atoms with Crippen LogP contribution < -0.4 is 14.8 Å². The van der Waals surface area contributed by atoms with Crippen LogP contribution in [0.2, 0.25) is 0 Å². The molecule has 4 rings (SSSR count). The summed E-state index contributed by atoms with van der Waals surface area (Å²) in [5, 5.41) is 9.96. The number of ether oxygens (including phenoxy) is 2. The number of rotatable bonds is 4. The number of sulfonamides is 1. The number of amides is 1. The Labute approximate surface area is 161 Å². The van der Waals surface area contributed by atoms with Crippen LogP contribution in [0.1, 0.15) is 18.7 Å². The van der Waals surface area contributed by atoms with E-state index < -0.39 is 10.0 Å². The summed E-state index contributed by atoms with van der Waals surface area (Å²) in [6.07, 6.45) is 0.811. The number of piperidine rings is 1. The summed E-state index contributed by atoms with van der Waals surface area (Å²) >= 11 is 0. The molecule has 0 saturated carbocycles. The zero-order chi connectivity index (χ0) is 19.7. The van der Waals surface area contributed by atoms with Gasteiger partial charge >= 0.3 is 6.01 Å². The number of nitrogens with zero attached hydrogens (tertiary/aromatic N) is 3. The van der Waals surface area contributed by atoms with Crippen LogP contribution in [-0.4, -0.2) is 55.1 Å². The number of carbonyl (C=O) groups excluding carboxylic acids is 1. The van der Waals surface area contributed by atoms with E-state index in [4.69, 9.17) is 13.9 Å². The van der Waals surface area contributed by atoms with Crippen LogP contribution in [0.5, 0.6) is 11.5 Å². The smallest absolute Gasteiger partial charge is 0.322 e. The molecule has 1 saturated heterocycles. The SMILES string of the molecule is Cc1nnc(NC(=O)C2CCN(S(=O)(=O)c3ccc4c(c3)OCCO4)CC2)o1. The number of carbonyl (C=O) groups is 1. The van der Waals surface area contributed by atoms with Crippen molar-refractivity contribution in [3.8, 4) is 11.5 Å². The highest BCUT2D eigenvalue weighted by molar-refractivity contribution is 7.89. The second kappa shape index (κ2) is 7.40. The molecule has 150 valence electrons. The lowest BCUT2D eigenvalue weighted by Crippen LogP contribution is -2.41. The average Bonchev–Trinajstić information content (AvgIpc) is 3.12. The minimum Gasteiger partial charge on any atom is -0.486 e. The summed E-state index contributed by atoms with van der Waals surface area (Å²) in [6.45, 7) is 2.95. The maximum absolute atomic E-state index is 12.9. The van der Waals surface area contributed by atoms with Gasteiger partial charge in [-0.25, -0.2) is 8.42 Å². The van der Waals surface area contributed by atoms with E-state index in [1.165, 1.54) is 16.4 Å². The number of nitrogens with one attached hydrogen (secondary N) is 1. The Bertz CT molecular complexity index is 981. The highest BCUT2D eigenvalue weighted by Crippen LogP contribution is 2.34. The number of hydrogen-bond acceptors (Lipinski definition) is 8. The number of aryl methyl sites for hydroxylation is 1. The number of hydrogen-bond donors (Lipinski definition) is 1. The molecule has 0 bridgehead atoms. The van der Waals surface area contributed by atoms with Gasteiger partial charge in [-0.05, 0) is 25.0 Å². The summed E-state index contributed by atoms with van der Waals surface area (Å²) in [5.41, 5.74) is 0. The first-order chi connectivity index (χ1) is 13.4. The van der Waals surface area contributed by atoms with Crippen molar-refractivity contribution in [1.82, 2.24) is 14.5 Å². The van der Waals surface area contributed by atoms with Crippen LogP contribution in [0.15, 0.2) is 27.5 Å². The molecule has 1 amide bonds. The third-order valence-corrected chi connectivity index (χ3v) is 6.63. The van der Waals surface area contributed by atoms with Crippen molar-refractivity contribution in [2.45, 2.75) is 24.7 Å². The topological polar surface area (TPSA) is 124 Å². The van der Waals surface area contributed by atoms with E-state index in [1.807, 2.05) is 0 Å². The summed E-state index contributed by atoms with van der Waals surface area (Å²) in [7, 11) is -3.67. The van der Waals surface area contributed by atoms with Crippen LogP contribution in [0.3, 0.4) is 0 Å². The fourth-order valence-electron chi connectivity index (χ4n) is 3.25. The van der Waals surface area contributed by atoms with Crippen molar-refractivity contribution >= 4 is 21.9 Å². The third-order valence-electron chi connectivity index (χ3n) is 4.73. The standard InChI is InChI=1S/C17H20N4O6S/c1-11-19-20-17(27-11)18-16(22)12-4-6-21(7-5-12)28(23,24)13-2-3-14-15(10-13)26-9-8-25-14/h2-3,10,12H,4-9H2,1H3,(H,18,20,22). The molecule has 2 aliphatic rings. The van der Waals surface area contributed by atoms with Gasteiger partial charge < -0.3 is 13.9 Å². The molecule has 1 aromatic carbocycles. The van der Waals surface area contributed by atoms with E-state index in [0.29, 0.717) is 43.4 Å². The molecule has 3 heterocycles. The average molecular weight is 408 g/mol. The summed E-state index contributed by atoms with van der Waals surface area (Å²) in [6, 6.07) is 4.66. The highest BCUT2D eigenvalue weighted by Gasteiger charge is 2.33. The number of anilines is 1. The molecule has 28 heavy (non-hydrogen) atoms. The van der Waals surface area contributed by atoms with Crippen LogP contribution in [-0.2, 0) is 14.8 Å². The van der Waals surface area contributed by atoms with Crippen LogP contribution in [0, 0.1) is 12.8 Å². The minimum atomic E-state index is -3.67. The monoisotopic (exact) mass is 408 g/mol. The van der Waals surface area contributed by atoms with Crippen molar-refractivity contribution in [2.75, 3.05) is 31.6 Å². The Hall–Kier alpha value is -2.66. The van der Waals surface area contributed by atoms with E-state index in [9.17, 15) is 13.2 Å². The predicted molar refractivity (Wildman–Crippen MR) is 96.6 cm³/mol. The number of fused-ring (bicyclic) bond motifs is 1. The van der Waals surface area contributed by atoms with Gasteiger partial charge in [0.15, 0.2) is 11.5 Å². The molecule has 11 heteroatoms. The van der Waals surface area contributed by atoms with Gasteiger partial charge in [0, 0.05) is 32.0 Å². The number of benzene rings is 1. The largest absolute Gasteiger partial charge is 0.486 e. The highest BCUT2D eigenvalue weighted by atomic mass is 32.2. The first-order valence-electron chi connectivity index (χ1n) is 8.94. The molecule has 10 nitrogen and oxygen atoms in total. The first kappa shape index (κ1) is 18.7. The van der Waals surface area contributed by atoms with Crippen molar-refractivity contribution in [3.63, 3.8) is 0 Å². The van der Waals surface area contributed by atoms with Crippen molar-refractivity contribution in [3.05, 3.63) is 24.1 Å². The number of aromatic nitrogens is 2. The molecule has 0 atom stereocenters. The maximum Gasteiger partial charge on any atom is 0.322 e. The zero-order valence-electron chi connectivity index (χ0n) is 15.3. The molecular weight excluding hydrogens is 388 g/mol. The lowest BCUT2D eigenvalue weighted by Gasteiger charge is -2.30. The van der Waals surface area contributed by atoms with E-state index in [-0.39, 0.29) is 35.8 Å². The normalized spacial score (nSPS) is 18.0. The quantitative estimate of drug-likeness (QED) is 0.800. The summed E-state index contributed by atoms with van der Waals surface area (Å²) in [5.74, 6) is 0.753. The Morgan fingerprint density at radius 1 is 1.14 bits per heavy atom. The predicted octanol–water partition coefficient (Wildman–Crippen LogP) is 1.19. The van der Waals surface area contributed by atoms with E-state index in [1.54, 1.807) is 13.0 Å². The second-order valence-corrected chi connectivity index (χ2v) is 8.54. The van der Waals surface area contributed by atoms with Crippen molar-refractivity contribution in [1.29, 1.82) is 0 Å².